The lowest BCUT2D eigenvalue weighted by atomic mass is 10.2. The molecule has 2 heterocycles. The number of hydrogen-bond donors (Lipinski definition) is 0. The standard InChI is InChI=1S/C24H23FN4O2/c1-16-6-2-5-9-20(16)29-22-21(23(30)28(24(29)31)19-7-3-4-8-19)27(15-26-22)14-17-10-12-18(25)13-11-17/h2,5-6,9-13,15,19H,3-4,7-8,14H2,1H3. The van der Waals surface area contributed by atoms with Crippen molar-refractivity contribution in [1.29, 1.82) is 0 Å². The van der Waals surface area contributed by atoms with E-state index >= 15 is 0 Å². The molecule has 0 amide bonds. The number of benzene rings is 2. The highest BCUT2D eigenvalue weighted by atomic mass is 19.1. The smallest absolute Gasteiger partial charge is 0.320 e. The number of aryl methyl sites for hydroxylation is 1. The Kier molecular flexibility index (Phi) is 4.81. The summed E-state index contributed by atoms with van der Waals surface area (Å²) in [4.78, 5) is 31.6. The molecule has 0 bridgehead atoms. The molecule has 0 radical (unpaired) electrons. The van der Waals surface area contributed by atoms with E-state index in [0.717, 1.165) is 42.5 Å². The predicted octanol–water partition coefficient (Wildman–Crippen LogP) is 3.96. The Morgan fingerprint density at radius 3 is 2.45 bits per heavy atom. The number of fused-ring (bicyclic) bond motifs is 1. The Labute approximate surface area is 178 Å². The maximum absolute atomic E-state index is 13.6. The van der Waals surface area contributed by atoms with Gasteiger partial charge < -0.3 is 4.57 Å². The minimum absolute atomic E-state index is 0.103. The minimum atomic E-state index is -0.342. The van der Waals surface area contributed by atoms with Crippen LogP contribution in [0.2, 0.25) is 0 Å². The number of nitrogens with zero attached hydrogens (tertiary/aromatic N) is 4. The van der Waals surface area contributed by atoms with Crippen LogP contribution in [0.4, 0.5) is 4.39 Å². The van der Waals surface area contributed by atoms with Crippen molar-refractivity contribution >= 4 is 11.2 Å². The first-order valence-corrected chi connectivity index (χ1v) is 10.6. The Morgan fingerprint density at radius 2 is 1.74 bits per heavy atom. The molecule has 158 valence electrons. The number of aromatic nitrogens is 4. The average Bonchev–Trinajstić information content (AvgIpc) is 3.42. The second kappa shape index (κ2) is 7.65. The molecular formula is C24H23FN4O2. The zero-order valence-corrected chi connectivity index (χ0v) is 17.3. The molecule has 4 aromatic rings. The lowest BCUT2D eigenvalue weighted by molar-refractivity contribution is 0.474. The fourth-order valence-electron chi connectivity index (χ4n) is 4.58. The zero-order chi connectivity index (χ0) is 21.5. The SMILES string of the molecule is Cc1ccccc1-n1c(=O)n(C2CCCC2)c(=O)c2c1ncn2Cc1ccc(F)cc1. The number of rotatable bonds is 4. The highest BCUT2D eigenvalue weighted by molar-refractivity contribution is 5.73. The van der Waals surface area contributed by atoms with Crippen molar-refractivity contribution in [2.24, 2.45) is 0 Å². The quantitative estimate of drug-likeness (QED) is 0.504. The minimum Gasteiger partial charge on any atom is -0.320 e. The van der Waals surface area contributed by atoms with Gasteiger partial charge >= 0.3 is 5.69 Å². The normalized spacial score (nSPS) is 14.5. The van der Waals surface area contributed by atoms with Gasteiger partial charge in [-0.05, 0) is 49.1 Å². The van der Waals surface area contributed by atoms with Crippen molar-refractivity contribution in [3.63, 3.8) is 0 Å². The topological polar surface area (TPSA) is 61.8 Å². The van der Waals surface area contributed by atoms with E-state index in [2.05, 4.69) is 4.98 Å². The Hall–Kier alpha value is -3.48. The van der Waals surface area contributed by atoms with E-state index in [1.165, 1.54) is 16.7 Å². The number of halogens is 1. The van der Waals surface area contributed by atoms with E-state index in [4.69, 9.17) is 0 Å². The molecule has 2 aromatic heterocycles. The maximum Gasteiger partial charge on any atom is 0.337 e. The highest BCUT2D eigenvalue weighted by Crippen LogP contribution is 2.28. The van der Waals surface area contributed by atoms with Crippen LogP contribution in [0.5, 0.6) is 0 Å². The Morgan fingerprint density at radius 1 is 1.03 bits per heavy atom. The molecule has 1 saturated carbocycles. The molecule has 31 heavy (non-hydrogen) atoms. The van der Waals surface area contributed by atoms with Crippen LogP contribution in [0.15, 0.2) is 64.4 Å². The van der Waals surface area contributed by atoms with Crippen molar-refractivity contribution in [1.82, 2.24) is 18.7 Å². The fraction of sp³-hybridized carbons (Fsp3) is 0.292. The monoisotopic (exact) mass is 418 g/mol. The second-order valence-corrected chi connectivity index (χ2v) is 8.19. The third-order valence-electron chi connectivity index (χ3n) is 6.16. The Bertz CT molecular complexity index is 1380. The lowest BCUT2D eigenvalue weighted by Gasteiger charge is -2.17. The molecule has 0 spiro atoms. The summed E-state index contributed by atoms with van der Waals surface area (Å²) in [5.41, 5.74) is 2.58. The molecule has 0 aliphatic heterocycles. The average molecular weight is 418 g/mol. The van der Waals surface area contributed by atoms with E-state index in [-0.39, 0.29) is 23.1 Å². The van der Waals surface area contributed by atoms with E-state index in [1.54, 1.807) is 27.6 Å². The molecule has 0 saturated heterocycles. The van der Waals surface area contributed by atoms with E-state index in [1.807, 2.05) is 31.2 Å². The van der Waals surface area contributed by atoms with Gasteiger partial charge in [0.1, 0.15) is 5.82 Å². The number of hydrogen-bond acceptors (Lipinski definition) is 3. The van der Waals surface area contributed by atoms with Gasteiger partial charge in [0.2, 0.25) is 0 Å². The van der Waals surface area contributed by atoms with Gasteiger partial charge in [-0.1, -0.05) is 43.2 Å². The second-order valence-electron chi connectivity index (χ2n) is 8.19. The molecule has 2 aromatic carbocycles. The maximum atomic E-state index is 13.6. The summed E-state index contributed by atoms with van der Waals surface area (Å²) in [7, 11) is 0. The predicted molar refractivity (Wildman–Crippen MR) is 117 cm³/mol. The summed E-state index contributed by atoms with van der Waals surface area (Å²) in [6, 6.07) is 13.7. The van der Waals surface area contributed by atoms with Crippen LogP contribution in [-0.2, 0) is 6.54 Å². The van der Waals surface area contributed by atoms with Gasteiger partial charge in [0.15, 0.2) is 11.2 Å². The molecule has 0 N–H and O–H groups in total. The molecule has 0 atom stereocenters. The highest BCUT2D eigenvalue weighted by Gasteiger charge is 2.26. The number of imidazole rings is 1. The molecule has 6 nitrogen and oxygen atoms in total. The van der Waals surface area contributed by atoms with Gasteiger partial charge in [-0.2, -0.15) is 0 Å². The van der Waals surface area contributed by atoms with Gasteiger partial charge in [-0.3, -0.25) is 9.36 Å². The summed E-state index contributed by atoms with van der Waals surface area (Å²) in [5, 5.41) is 0. The van der Waals surface area contributed by atoms with Crippen LogP contribution in [0.25, 0.3) is 16.9 Å². The third kappa shape index (κ3) is 3.30. The van der Waals surface area contributed by atoms with Gasteiger partial charge in [0.05, 0.1) is 12.0 Å². The summed E-state index contributed by atoms with van der Waals surface area (Å²) in [6.45, 7) is 2.30. The van der Waals surface area contributed by atoms with Crippen molar-refractivity contribution in [3.8, 4) is 5.69 Å². The van der Waals surface area contributed by atoms with Gasteiger partial charge in [0.25, 0.3) is 5.56 Å². The first kappa shape index (κ1) is 19.5. The van der Waals surface area contributed by atoms with Crippen molar-refractivity contribution in [3.05, 3.63) is 92.6 Å². The summed E-state index contributed by atoms with van der Waals surface area (Å²) in [5.74, 6) is -0.309. The van der Waals surface area contributed by atoms with Crippen LogP contribution in [0.1, 0.15) is 42.9 Å². The third-order valence-corrected chi connectivity index (χ3v) is 6.16. The fourth-order valence-corrected chi connectivity index (χ4v) is 4.58. The first-order chi connectivity index (χ1) is 15.0. The summed E-state index contributed by atoms with van der Waals surface area (Å²) < 4.78 is 18.1. The van der Waals surface area contributed by atoms with E-state index in [0.29, 0.717) is 17.7 Å². The molecule has 1 aliphatic rings. The van der Waals surface area contributed by atoms with Crippen LogP contribution < -0.4 is 11.2 Å². The van der Waals surface area contributed by atoms with Crippen LogP contribution in [0, 0.1) is 12.7 Å². The van der Waals surface area contributed by atoms with Crippen molar-refractivity contribution < 1.29 is 4.39 Å². The summed E-state index contributed by atoms with van der Waals surface area (Å²) in [6.07, 6.45) is 5.24. The Balaban J connectivity index is 1.79. The van der Waals surface area contributed by atoms with E-state index < -0.39 is 0 Å². The van der Waals surface area contributed by atoms with Gasteiger partial charge in [-0.25, -0.2) is 18.7 Å². The molecule has 1 fully saturated rings. The summed E-state index contributed by atoms with van der Waals surface area (Å²) >= 11 is 0. The largest absolute Gasteiger partial charge is 0.337 e. The van der Waals surface area contributed by atoms with Gasteiger partial charge in [-0.15, -0.1) is 0 Å². The first-order valence-electron chi connectivity index (χ1n) is 10.6. The van der Waals surface area contributed by atoms with Crippen molar-refractivity contribution in [2.75, 3.05) is 0 Å². The van der Waals surface area contributed by atoms with Crippen molar-refractivity contribution in [2.45, 2.75) is 45.2 Å². The zero-order valence-electron chi connectivity index (χ0n) is 17.3. The molecule has 5 rings (SSSR count). The molecule has 7 heteroatoms. The molecular weight excluding hydrogens is 395 g/mol. The molecule has 0 unspecified atom stereocenters. The number of para-hydroxylation sites is 1. The van der Waals surface area contributed by atoms with Gasteiger partial charge in [0, 0.05) is 12.6 Å². The molecule has 1 aliphatic carbocycles. The van der Waals surface area contributed by atoms with E-state index in [9.17, 15) is 14.0 Å². The van der Waals surface area contributed by atoms with Crippen LogP contribution >= 0.6 is 0 Å². The van der Waals surface area contributed by atoms with Crippen LogP contribution in [-0.4, -0.2) is 18.7 Å². The van der Waals surface area contributed by atoms with Crippen LogP contribution in [0.3, 0.4) is 0 Å². The lowest BCUT2D eigenvalue weighted by Crippen LogP contribution is -2.42.